The molecular formula is C12H20N2O. The molecule has 1 aromatic rings. The third-order valence-corrected chi connectivity index (χ3v) is 3.05. The molecule has 0 spiro atoms. The van der Waals surface area contributed by atoms with Gasteiger partial charge in [0.25, 0.3) is 0 Å². The van der Waals surface area contributed by atoms with Crippen molar-refractivity contribution in [2.45, 2.75) is 38.3 Å². The van der Waals surface area contributed by atoms with Gasteiger partial charge in [-0.1, -0.05) is 6.42 Å². The van der Waals surface area contributed by atoms with E-state index in [0.29, 0.717) is 12.1 Å². The second kappa shape index (κ2) is 5.33. The van der Waals surface area contributed by atoms with Crippen LogP contribution in [0.1, 0.15) is 38.0 Å². The van der Waals surface area contributed by atoms with Crippen molar-refractivity contribution in [3.05, 3.63) is 24.2 Å². The molecule has 3 nitrogen and oxygen atoms in total. The van der Waals surface area contributed by atoms with Gasteiger partial charge < -0.3 is 15.1 Å². The Morgan fingerprint density at radius 3 is 3.20 bits per heavy atom. The van der Waals surface area contributed by atoms with Gasteiger partial charge in [-0.25, -0.2) is 0 Å². The monoisotopic (exact) mass is 208 g/mol. The molecule has 2 rings (SSSR count). The van der Waals surface area contributed by atoms with Crippen molar-refractivity contribution in [1.82, 2.24) is 10.6 Å². The summed E-state index contributed by atoms with van der Waals surface area (Å²) in [5.74, 6) is 1.02. The predicted octanol–water partition coefficient (Wildman–Crippen LogP) is 2.07. The first-order valence-corrected chi connectivity index (χ1v) is 5.86. The molecule has 3 heteroatoms. The smallest absolute Gasteiger partial charge is 0.120 e. The lowest BCUT2D eigenvalue weighted by Gasteiger charge is -2.25. The molecule has 0 saturated carbocycles. The maximum Gasteiger partial charge on any atom is 0.120 e. The molecule has 0 bridgehead atoms. The highest BCUT2D eigenvalue weighted by Gasteiger charge is 2.14. The first-order valence-electron chi connectivity index (χ1n) is 5.86. The standard InChI is InChI=1S/C12H20N2O/c1-10(12-6-4-8-15-12)14-9-11-5-2-3-7-13-11/h4,6,8,10-11,13-14H,2-3,5,7,9H2,1H3/t10-,11+/m1/s1. The normalized spacial score (nSPS) is 23.9. The molecule has 0 radical (unpaired) electrons. The Labute approximate surface area is 91.2 Å². The molecule has 0 unspecified atom stereocenters. The molecule has 2 N–H and O–H groups in total. The summed E-state index contributed by atoms with van der Waals surface area (Å²) in [7, 11) is 0. The van der Waals surface area contributed by atoms with Crippen molar-refractivity contribution in [1.29, 1.82) is 0 Å². The Balaban J connectivity index is 1.73. The van der Waals surface area contributed by atoms with Gasteiger partial charge in [0.2, 0.25) is 0 Å². The van der Waals surface area contributed by atoms with Crippen LogP contribution in [0.5, 0.6) is 0 Å². The largest absolute Gasteiger partial charge is 0.468 e. The molecule has 0 aliphatic carbocycles. The van der Waals surface area contributed by atoms with E-state index in [2.05, 4.69) is 17.6 Å². The minimum absolute atomic E-state index is 0.309. The van der Waals surface area contributed by atoms with Crippen molar-refractivity contribution in [2.75, 3.05) is 13.1 Å². The third kappa shape index (κ3) is 3.08. The van der Waals surface area contributed by atoms with E-state index in [1.54, 1.807) is 6.26 Å². The third-order valence-electron chi connectivity index (χ3n) is 3.05. The Kier molecular flexibility index (Phi) is 3.80. The lowest BCUT2D eigenvalue weighted by molar-refractivity contribution is 0.355. The molecular weight excluding hydrogens is 188 g/mol. The molecule has 1 fully saturated rings. The Morgan fingerprint density at radius 1 is 1.60 bits per heavy atom. The van der Waals surface area contributed by atoms with Gasteiger partial charge in [0, 0.05) is 12.6 Å². The SMILES string of the molecule is C[C@@H](NC[C@@H]1CCCCN1)c1ccco1. The van der Waals surface area contributed by atoms with Crippen LogP contribution in [-0.2, 0) is 0 Å². The van der Waals surface area contributed by atoms with Crippen LogP contribution in [0.2, 0.25) is 0 Å². The number of hydrogen-bond donors (Lipinski definition) is 2. The van der Waals surface area contributed by atoms with Gasteiger partial charge in [-0.3, -0.25) is 0 Å². The second-order valence-corrected chi connectivity index (χ2v) is 4.29. The van der Waals surface area contributed by atoms with Gasteiger partial charge in [0.05, 0.1) is 12.3 Å². The highest BCUT2D eigenvalue weighted by atomic mass is 16.3. The maximum atomic E-state index is 5.35. The van der Waals surface area contributed by atoms with Crippen molar-refractivity contribution in [2.24, 2.45) is 0 Å². The fourth-order valence-electron chi connectivity index (χ4n) is 2.06. The van der Waals surface area contributed by atoms with E-state index in [4.69, 9.17) is 4.42 Å². The van der Waals surface area contributed by atoms with Crippen LogP contribution in [0.4, 0.5) is 0 Å². The van der Waals surface area contributed by atoms with Gasteiger partial charge in [0.1, 0.15) is 5.76 Å². The summed E-state index contributed by atoms with van der Waals surface area (Å²) in [6, 6.07) is 4.90. The lowest BCUT2D eigenvalue weighted by Crippen LogP contribution is -2.42. The molecule has 84 valence electrons. The first-order chi connectivity index (χ1) is 7.36. The van der Waals surface area contributed by atoms with E-state index in [0.717, 1.165) is 12.3 Å². The molecule has 2 heterocycles. The second-order valence-electron chi connectivity index (χ2n) is 4.29. The number of piperidine rings is 1. The molecule has 2 atom stereocenters. The number of rotatable bonds is 4. The predicted molar refractivity (Wildman–Crippen MR) is 60.8 cm³/mol. The summed E-state index contributed by atoms with van der Waals surface area (Å²) >= 11 is 0. The van der Waals surface area contributed by atoms with Crippen molar-refractivity contribution >= 4 is 0 Å². The van der Waals surface area contributed by atoms with Crippen LogP contribution in [0.15, 0.2) is 22.8 Å². The molecule has 1 saturated heterocycles. The highest BCUT2D eigenvalue weighted by Crippen LogP contribution is 2.13. The van der Waals surface area contributed by atoms with Crippen LogP contribution in [0.25, 0.3) is 0 Å². The van der Waals surface area contributed by atoms with E-state index < -0.39 is 0 Å². The van der Waals surface area contributed by atoms with E-state index in [1.807, 2.05) is 12.1 Å². The van der Waals surface area contributed by atoms with E-state index >= 15 is 0 Å². The summed E-state index contributed by atoms with van der Waals surface area (Å²) in [6.45, 7) is 4.34. The first kappa shape index (κ1) is 10.7. The van der Waals surface area contributed by atoms with Gasteiger partial charge >= 0.3 is 0 Å². The highest BCUT2D eigenvalue weighted by molar-refractivity contribution is 5.03. The maximum absolute atomic E-state index is 5.35. The average Bonchev–Trinajstić information content (AvgIpc) is 2.81. The zero-order chi connectivity index (χ0) is 10.5. The molecule has 0 aromatic carbocycles. The van der Waals surface area contributed by atoms with Gasteiger partial charge in [0.15, 0.2) is 0 Å². The number of nitrogens with one attached hydrogen (secondary N) is 2. The van der Waals surface area contributed by atoms with Crippen LogP contribution >= 0.6 is 0 Å². The van der Waals surface area contributed by atoms with Gasteiger partial charge in [-0.2, -0.15) is 0 Å². The molecule has 15 heavy (non-hydrogen) atoms. The Morgan fingerprint density at radius 2 is 2.53 bits per heavy atom. The summed E-state index contributed by atoms with van der Waals surface area (Å²) in [5, 5.41) is 7.03. The molecule has 1 aromatic heterocycles. The van der Waals surface area contributed by atoms with Crippen LogP contribution in [0, 0.1) is 0 Å². The summed E-state index contributed by atoms with van der Waals surface area (Å²) in [6.07, 6.45) is 5.70. The number of furan rings is 1. The topological polar surface area (TPSA) is 37.2 Å². The van der Waals surface area contributed by atoms with E-state index in [1.165, 1.54) is 25.8 Å². The number of hydrogen-bond acceptors (Lipinski definition) is 3. The fraction of sp³-hybridized carbons (Fsp3) is 0.667. The average molecular weight is 208 g/mol. The van der Waals surface area contributed by atoms with Crippen molar-refractivity contribution in [3.63, 3.8) is 0 Å². The summed E-state index contributed by atoms with van der Waals surface area (Å²) in [4.78, 5) is 0. The summed E-state index contributed by atoms with van der Waals surface area (Å²) in [5.41, 5.74) is 0. The van der Waals surface area contributed by atoms with Crippen molar-refractivity contribution < 1.29 is 4.42 Å². The minimum Gasteiger partial charge on any atom is -0.468 e. The van der Waals surface area contributed by atoms with Crippen LogP contribution in [-0.4, -0.2) is 19.1 Å². The zero-order valence-corrected chi connectivity index (χ0v) is 9.33. The quantitative estimate of drug-likeness (QED) is 0.795. The summed E-state index contributed by atoms with van der Waals surface area (Å²) < 4.78 is 5.35. The minimum atomic E-state index is 0.309. The fourth-order valence-corrected chi connectivity index (χ4v) is 2.06. The molecule has 1 aliphatic heterocycles. The van der Waals surface area contributed by atoms with E-state index in [-0.39, 0.29) is 0 Å². The van der Waals surface area contributed by atoms with Gasteiger partial charge in [-0.05, 0) is 38.4 Å². The molecule has 1 aliphatic rings. The van der Waals surface area contributed by atoms with Crippen molar-refractivity contribution in [3.8, 4) is 0 Å². The van der Waals surface area contributed by atoms with Gasteiger partial charge in [-0.15, -0.1) is 0 Å². The van der Waals surface area contributed by atoms with Crippen LogP contribution < -0.4 is 10.6 Å². The lowest BCUT2D eigenvalue weighted by atomic mass is 10.0. The van der Waals surface area contributed by atoms with E-state index in [9.17, 15) is 0 Å². The van der Waals surface area contributed by atoms with Crippen LogP contribution in [0.3, 0.4) is 0 Å². The molecule has 0 amide bonds. The Bertz CT molecular complexity index is 265. The Hall–Kier alpha value is -0.800. The zero-order valence-electron chi connectivity index (χ0n) is 9.33.